The molecule has 2 aromatic rings. The molecule has 0 unspecified atom stereocenters. The first kappa shape index (κ1) is 15.1. The number of nitro benzene ring substituents is 1. The summed E-state index contributed by atoms with van der Waals surface area (Å²) in [6.07, 6.45) is 0. The second-order valence-corrected chi connectivity index (χ2v) is 5.19. The Labute approximate surface area is 128 Å². The molecule has 2 rings (SSSR count). The van der Waals surface area contributed by atoms with Gasteiger partial charge in [0.2, 0.25) is 0 Å². The molecular formula is C14H10BrFN2O3. The smallest absolute Gasteiger partial charge is 0.271 e. The Morgan fingerprint density at radius 3 is 2.62 bits per heavy atom. The molecule has 0 heterocycles. The Kier molecular flexibility index (Phi) is 4.32. The minimum absolute atomic E-state index is 0.231. The summed E-state index contributed by atoms with van der Waals surface area (Å²) in [6.45, 7) is 1.87. The molecule has 7 heteroatoms. The standard InChI is InChI=1S/C14H10BrFN2O3/c1-8-2-3-9(6-11(8)15)14(19)17-13-7-10(18(20)21)4-5-12(13)16/h2-7H,1H3,(H,17,19). The normalized spacial score (nSPS) is 10.2. The first-order valence-electron chi connectivity index (χ1n) is 5.90. The molecule has 108 valence electrons. The van der Waals surface area contributed by atoms with Crippen LogP contribution in [0, 0.1) is 22.9 Å². The van der Waals surface area contributed by atoms with Crippen molar-refractivity contribution in [2.24, 2.45) is 0 Å². The number of nitrogens with one attached hydrogen (secondary N) is 1. The van der Waals surface area contributed by atoms with Gasteiger partial charge >= 0.3 is 0 Å². The van der Waals surface area contributed by atoms with E-state index in [1.54, 1.807) is 18.2 Å². The summed E-state index contributed by atoms with van der Waals surface area (Å²) in [5.41, 5.74) is 0.745. The lowest BCUT2D eigenvalue weighted by Gasteiger charge is -2.07. The van der Waals surface area contributed by atoms with E-state index >= 15 is 0 Å². The van der Waals surface area contributed by atoms with Crippen LogP contribution in [0.15, 0.2) is 40.9 Å². The van der Waals surface area contributed by atoms with E-state index in [2.05, 4.69) is 21.2 Å². The van der Waals surface area contributed by atoms with Gasteiger partial charge in [0, 0.05) is 22.2 Å². The van der Waals surface area contributed by atoms with Crippen molar-refractivity contribution in [2.75, 3.05) is 5.32 Å². The van der Waals surface area contributed by atoms with E-state index in [0.29, 0.717) is 5.56 Å². The number of carbonyl (C=O) groups excluding carboxylic acids is 1. The molecule has 0 spiro atoms. The van der Waals surface area contributed by atoms with Crippen LogP contribution in [-0.2, 0) is 0 Å². The van der Waals surface area contributed by atoms with Gasteiger partial charge in [-0.25, -0.2) is 4.39 Å². The van der Waals surface area contributed by atoms with Gasteiger partial charge in [0.05, 0.1) is 10.6 Å². The number of carbonyl (C=O) groups is 1. The molecule has 5 nitrogen and oxygen atoms in total. The number of amides is 1. The maximum absolute atomic E-state index is 13.6. The summed E-state index contributed by atoms with van der Waals surface area (Å²) >= 11 is 3.30. The Morgan fingerprint density at radius 1 is 1.29 bits per heavy atom. The minimum Gasteiger partial charge on any atom is -0.319 e. The average Bonchev–Trinajstić information content (AvgIpc) is 2.43. The first-order valence-corrected chi connectivity index (χ1v) is 6.69. The molecule has 1 N–H and O–H groups in total. The van der Waals surface area contributed by atoms with Crippen LogP contribution in [0.25, 0.3) is 0 Å². The molecule has 1 amide bonds. The molecule has 0 fully saturated rings. The zero-order valence-corrected chi connectivity index (χ0v) is 12.5. The Morgan fingerprint density at radius 2 is 2.00 bits per heavy atom. The van der Waals surface area contributed by atoms with Gasteiger partial charge in [-0.1, -0.05) is 22.0 Å². The molecule has 0 radical (unpaired) electrons. The lowest BCUT2D eigenvalue weighted by atomic mass is 10.1. The van der Waals surface area contributed by atoms with Gasteiger partial charge in [0.1, 0.15) is 5.82 Å². The number of non-ortho nitro benzene ring substituents is 1. The van der Waals surface area contributed by atoms with Crippen LogP contribution < -0.4 is 5.32 Å². The van der Waals surface area contributed by atoms with E-state index in [1.165, 1.54) is 0 Å². The third-order valence-corrected chi connectivity index (χ3v) is 3.70. The maximum atomic E-state index is 13.6. The second kappa shape index (κ2) is 6.01. The van der Waals surface area contributed by atoms with Crippen molar-refractivity contribution < 1.29 is 14.1 Å². The molecule has 2 aromatic carbocycles. The molecule has 0 aliphatic carbocycles. The van der Waals surface area contributed by atoms with Crippen LogP contribution in [0.4, 0.5) is 15.8 Å². The number of benzene rings is 2. The molecule has 0 atom stereocenters. The van der Waals surface area contributed by atoms with Crippen molar-refractivity contribution in [3.63, 3.8) is 0 Å². The quantitative estimate of drug-likeness (QED) is 0.668. The number of aryl methyl sites for hydroxylation is 1. The van der Waals surface area contributed by atoms with E-state index in [4.69, 9.17) is 0 Å². The molecule has 0 saturated carbocycles. The van der Waals surface area contributed by atoms with Gasteiger partial charge < -0.3 is 5.32 Å². The number of nitrogens with zero attached hydrogens (tertiary/aromatic N) is 1. The van der Waals surface area contributed by atoms with Gasteiger partial charge in [-0.3, -0.25) is 14.9 Å². The fourth-order valence-electron chi connectivity index (χ4n) is 1.65. The lowest BCUT2D eigenvalue weighted by molar-refractivity contribution is -0.384. The lowest BCUT2D eigenvalue weighted by Crippen LogP contribution is -2.13. The number of nitro groups is 1. The monoisotopic (exact) mass is 352 g/mol. The molecular weight excluding hydrogens is 343 g/mol. The number of anilines is 1. The third-order valence-electron chi connectivity index (χ3n) is 2.84. The number of hydrogen-bond donors (Lipinski definition) is 1. The first-order chi connectivity index (χ1) is 9.88. The summed E-state index contributed by atoms with van der Waals surface area (Å²) in [7, 11) is 0. The molecule has 0 aliphatic heterocycles. The maximum Gasteiger partial charge on any atom is 0.271 e. The highest BCUT2D eigenvalue weighted by molar-refractivity contribution is 9.10. The zero-order chi connectivity index (χ0) is 15.6. The van der Waals surface area contributed by atoms with Crippen molar-refractivity contribution in [1.82, 2.24) is 0 Å². The summed E-state index contributed by atoms with van der Waals surface area (Å²) in [5, 5.41) is 13.0. The summed E-state index contributed by atoms with van der Waals surface area (Å²) in [5.74, 6) is -1.28. The van der Waals surface area contributed by atoms with Crippen LogP contribution in [-0.4, -0.2) is 10.8 Å². The Bertz CT molecular complexity index is 734. The van der Waals surface area contributed by atoms with Gasteiger partial charge in [0.15, 0.2) is 0 Å². The fraction of sp³-hybridized carbons (Fsp3) is 0.0714. The SMILES string of the molecule is Cc1ccc(C(=O)Nc2cc([N+](=O)[O-])ccc2F)cc1Br. The summed E-state index contributed by atoms with van der Waals surface area (Å²) < 4.78 is 14.4. The highest BCUT2D eigenvalue weighted by Crippen LogP contribution is 2.23. The largest absolute Gasteiger partial charge is 0.319 e. The van der Waals surface area contributed by atoms with E-state index in [0.717, 1.165) is 28.2 Å². The van der Waals surface area contributed by atoms with Crippen LogP contribution in [0.5, 0.6) is 0 Å². The van der Waals surface area contributed by atoms with Gasteiger partial charge in [-0.2, -0.15) is 0 Å². The van der Waals surface area contributed by atoms with Crippen molar-refractivity contribution in [1.29, 1.82) is 0 Å². The van der Waals surface area contributed by atoms with E-state index in [1.807, 2.05) is 6.92 Å². The van der Waals surface area contributed by atoms with Crippen molar-refractivity contribution in [3.8, 4) is 0 Å². The molecule has 0 aromatic heterocycles. The Balaban J connectivity index is 2.28. The van der Waals surface area contributed by atoms with E-state index in [9.17, 15) is 19.3 Å². The molecule has 0 saturated heterocycles. The predicted molar refractivity (Wildman–Crippen MR) is 79.9 cm³/mol. The second-order valence-electron chi connectivity index (χ2n) is 4.34. The fourth-order valence-corrected chi connectivity index (χ4v) is 2.03. The number of hydrogen-bond acceptors (Lipinski definition) is 3. The zero-order valence-electron chi connectivity index (χ0n) is 10.9. The Hall–Kier alpha value is -2.28. The van der Waals surface area contributed by atoms with Crippen molar-refractivity contribution in [3.05, 3.63) is 67.9 Å². The minimum atomic E-state index is -0.736. The molecule has 21 heavy (non-hydrogen) atoms. The predicted octanol–water partition coefficient (Wildman–Crippen LogP) is 4.06. The highest BCUT2D eigenvalue weighted by Gasteiger charge is 2.14. The van der Waals surface area contributed by atoms with Crippen LogP contribution in [0.3, 0.4) is 0 Å². The summed E-state index contributed by atoms with van der Waals surface area (Å²) in [4.78, 5) is 22.1. The number of rotatable bonds is 3. The average molecular weight is 353 g/mol. The van der Waals surface area contributed by atoms with Gasteiger partial charge in [-0.05, 0) is 30.7 Å². The van der Waals surface area contributed by atoms with E-state index in [-0.39, 0.29) is 11.4 Å². The third kappa shape index (κ3) is 3.43. The van der Waals surface area contributed by atoms with Gasteiger partial charge in [0.25, 0.3) is 11.6 Å². The van der Waals surface area contributed by atoms with Crippen molar-refractivity contribution in [2.45, 2.75) is 6.92 Å². The molecule has 0 aliphatic rings. The van der Waals surface area contributed by atoms with E-state index < -0.39 is 16.6 Å². The van der Waals surface area contributed by atoms with Crippen molar-refractivity contribution >= 4 is 33.2 Å². The van der Waals surface area contributed by atoms with Crippen LogP contribution >= 0.6 is 15.9 Å². The summed E-state index contributed by atoms with van der Waals surface area (Å²) in [6, 6.07) is 7.89. The molecule has 0 bridgehead atoms. The highest BCUT2D eigenvalue weighted by atomic mass is 79.9. The van der Waals surface area contributed by atoms with Gasteiger partial charge in [-0.15, -0.1) is 0 Å². The topological polar surface area (TPSA) is 72.2 Å². The number of halogens is 2. The van der Waals surface area contributed by atoms with Crippen LogP contribution in [0.1, 0.15) is 15.9 Å². The van der Waals surface area contributed by atoms with Crippen LogP contribution in [0.2, 0.25) is 0 Å².